The van der Waals surface area contributed by atoms with E-state index in [9.17, 15) is 14.4 Å². The van der Waals surface area contributed by atoms with Crippen LogP contribution in [0, 0.1) is 5.92 Å². The summed E-state index contributed by atoms with van der Waals surface area (Å²) in [6.07, 6.45) is 4.88. The van der Waals surface area contributed by atoms with Crippen LogP contribution < -0.4 is 21.6 Å². The van der Waals surface area contributed by atoms with Gasteiger partial charge in [-0.2, -0.15) is 0 Å². The van der Waals surface area contributed by atoms with E-state index in [1.54, 1.807) is 16.5 Å². The van der Waals surface area contributed by atoms with Gasteiger partial charge in [-0.05, 0) is 50.0 Å². The van der Waals surface area contributed by atoms with Crippen LogP contribution >= 0.6 is 0 Å². The van der Waals surface area contributed by atoms with E-state index in [2.05, 4.69) is 10.3 Å². The van der Waals surface area contributed by atoms with Gasteiger partial charge in [0.25, 0.3) is 5.56 Å². The molecule has 1 aliphatic heterocycles. The summed E-state index contributed by atoms with van der Waals surface area (Å²) < 4.78 is 6.94. The molecule has 38 heavy (non-hydrogen) atoms. The maximum atomic E-state index is 13.8. The number of aliphatic carboxylic acids is 1. The van der Waals surface area contributed by atoms with Gasteiger partial charge in [0.05, 0.1) is 42.3 Å². The Morgan fingerprint density at radius 3 is 2.47 bits per heavy atom. The number of nitrogens with one attached hydrogen (secondary N) is 1. The van der Waals surface area contributed by atoms with Gasteiger partial charge < -0.3 is 20.1 Å². The number of allylic oxidation sites excluding steroid dienone is 2. The lowest BCUT2D eigenvalue weighted by molar-refractivity contribution is -0.146. The molecule has 0 aliphatic carbocycles. The van der Waals surface area contributed by atoms with Crippen molar-refractivity contribution in [1.82, 2.24) is 14.5 Å². The van der Waals surface area contributed by atoms with Gasteiger partial charge in [-0.15, -0.1) is 0 Å². The van der Waals surface area contributed by atoms with Crippen molar-refractivity contribution in [3.63, 3.8) is 0 Å². The van der Waals surface area contributed by atoms with Gasteiger partial charge in [0, 0.05) is 19.3 Å². The van der Waals surface area contributed by atoms with E-state index >= 15 is 0 Å². The molecule has 1 unspecified atom stereocenters. The number of carbonyl (C=O) groups excluding carboxylic acids is 1. The molecule has 1 fully saturated rings. The van der Waals surface area contributed by atoms with E-state index in [-0.39, 0.29) is 42.2 Å². The summed E-state index contributed by atoms with van der Waals surface area (Å²) in [5, 5.41) is 13.3. The first-order chi connectivity index (χ1) is 18.2. The van der Waals surface area contributed by atoms with Crippen LogP contribution in [0.5, 0.6) is 0 Å². The van der Waals surface area contributed by atoms with Gasteiger partial charge in [-0.25, -0.2) is 4.98 Å². The molecule has 0 spiro atoms. The maximum Gasteiger partial charge on any atom is 0.305 e. The minimum absolute atomic E-state index is 0.000921. The number of carboxylic acids is 1. The monoisotopic (exact) mass is 522 g/mol. The third-order valence-electron chi connectivity index (χ3n) is 6.92. The molecule has 3 rings (SSSR count). The molecule has 1 saturated heterocycles. The Bertz CT molecular complexity index is 1360. The van der Waals surface area contributed by atoms with Crippen LogP contribution in [-0.2, 0) is 14.3 Å². The number of amides is 1. The number of nitrogens with zero attached hydrogens (tertiary/aromatic N) is 3. The molecule has 9 heteroatoms. The predicted octanol–water partition coefficient (Wildman–Crippen LogP) is 2.50. The summed E-state index contributed by atoms with van der Waals surface area (Å²) in [6.45, 7) is 8.85. The highest BCUT2D eigenvalue weighted by Crippen LogP contribution is 2.19. The summed E-state index contributed by atoms with van der Waals surface area (Å²) in [6, 6.07) is 9.60. The van der Waals surface area contributed by atoms with Gasteiger partial charge in [0.15, 0.2) is 5.82 Å². The van der Waals surface area contributed by atoms with Crippen molar-refractivity contribution in [3.05, 3.63) is 68.7 Å². The van der Waals surface area contributed by atoms with Crippen LogP contribution in [0.15, 0.2) is 46.9 Å². The third kappa shape index (κ3) is 6.58. The summed E-state index contributed by atoms with van der Waals surface area (Å²) in [4.78, 5) is 43.9. The highest BCUT2D eigenvalue weighted by molar-refractivity contribution is 5.81. The molecule has 1 amide bonds. The first kappa shape index (κ1) is 28.8. The fourth-order valence-electron chi connectivity index (χ4n) is 4.35. The van der Waals surface area contributed by atoms with E-state index in [0.717, 1.165) is 22.2 Å². The number of carbonyl (C=O) groups is 2. The lowest BCUT2D eigenvalue weighted by Crippen LogP contribution is -2.49. The molecule has 2 heterocycles. The zero-order valence-electron chi connectivity index (χ0n) is 22.9. The number of aromatic nitrogens is 2. The van der Waals surface area contributed by atoms with E-state index in [4.69, 9.17) is 9.84 Å². The zero-order chi connectivity index (χ0) is 27.8. The first-order valence-corrected chi connectivity index (χ1v) is 13.1. The highest BCUT2D eigenvalue weighted by atomic mass is 16.5. The summed E-state index contributed by atoms with van der Waals surface area (Å²) in [5.74, 6) is -0.994. The summed E-state index contributed by atoms with van der Waals surface area (Å²) in [5.41, 5.74) is 2.42. The second kappa shape index (κ2) is 13.2. The van der Waals surface area contributed by atoms with Crippen molar-refractivity contribution in [1.29, 1.82) is 0 Å². The van der Waals surface area contributed by atoms with Gasteiger partial charge >= 0.3 is 5.97 Å². The Labute approximate surface area is 223 Å². The number of hydrogen-bond acceptors (Lipinski definition) is 6. The molecule has 0 bridgehead atoms. The predicted molar refractivity (Wildman–Crippen MR) is 148 cm³/mol. The number of rotatable bonds is 11. The van der Waals surface area contributed by atoms with Crippen LogP contribution in [0.1, 0.15) is 58.6 Å². The normalized spacial score (nSPS) is 16.0. The van der Waals surface area contributed by atoms with Gasteiger partial charge in [-0.3, -0.25) is 19.0 Å². The molecule has 1 atom stereocenters. The van der Waals surface area contributed by atoms with Crippen molar-refractivity contribution in [3.8, 4) is 0 Å². The lowest BCUT2D eigenvalue weighted by Gasteiger charge is -2.29. The first-order valence-electron chi connectivity index (χ1n) is 13.1. The largest absolute Gasteiger partial charge is 0.481 e. The van der Waals surface area contributed by atoms with Crippen molar-refractivity contribution >= 4 is 29.3 Å². The van der Waals surface area contributed by atoms with Crippen LogP contribution in [0.25, 0.3) is 11.6 Å². The smallest absolute Gasteiger partial charge is 0.305 e. The average Bonchev–Trinajstić information content (AvgIpc) is 2.88. The third-order valence-corrected chi connectivity index (χ3v) is 6.92. The quantitative estimate of drug-likeness (QED) is 0.466. The number of hydrogen-bond donors (Lipinski definition) is 2. The molecular weight excluding hydrogens is 484 g/mol. The van der Waals surface area contributed by atoms with Gasteiger partial charge in [0.1, 0.15) is 0 Å². The Kier molecular flexibility index (Phi) is 10.0. The van der Waals surface area contributed by atoms with Crippen molar-refractivity contribution in [2.24, 2.45) is 5.92 Å². The molecule has 1 aromatic heterocycles. The molecular formula is C29H38N4O5. The number of carboxylic acid groups (broad SMARTS) is 1. The number of ether oxygens (including phenoxy) is 1. The fourth-order valence-corrected chi connectivity index (χ4v) is 4.35. The highest BCUT2D eigenvalue weighted by Gasteiger charge is 2.29. The van der Waals surface area contributed by atoms with E-state index in [0.29, 0.717) is 31.4 Å². The SMILES string of the molecule is CCC(C)=c1/c(=C\C=C(/C)N(C)C(=O)C2COC2)nc(NCCC(=O)O)c(=O)n1C(CC)c1ccccc1. The number of benzene rings is 1. The van der Waals surface area contributed by atoms with Crippen molar-refractivity contribution < 1.29 is 19.4 Å². The average molecular weight is 523 g/mol. The number of anilines is 1. The van der Waals surface area contributed by atoms with E-state index < -0.39 is 5.97 Å². The fraction of sp³-hybridized carbons (Fsp3) is 0.448. The molecule has 2 N–H and O–H groups in total. The van der Waals surface area contributed by atoms with Crippen LogP contribution in [0.4, 0.5) is 5.82 Å². The zero-order valence-corrected chi connectivity index (χ0v) is 22.9. The molecule has 0 saturated carbocycles. The summed E-state index contributed by atoms with van der Waals surface area (Å²) >= 11 is 0. The Hall–Kier alpha value is -3.72. The summed E-state index contributed by atoms with van der Waals surface area (Å²) in [7, 11) is 1.74. The van der Waals surface area contributed by atoms with Crippen molar-refractivity contribution in [2.75, 3.05) is 32.1 Å². The molecule has 9 nitrogen and oxygen atoms in total. The van der Waals surface area contributed by atoms with Gasteiger partial charge in [-0.1, -0.05) is 44.2 Å². The van der Waals surface area contributed by atoms with E-state index in [1.165, 1.54) is 0 Å². The molecule has 204 valence electrons. The molecule has 1 aromatic carbocycles. The molecule has 0 radical (unpaired) electrons. The second-order valence-electron chi connectivity index (χ2n) is 9.51. The van der Waals surface area contributed by atoms with Gasteiger partial charge in [0.2, 0.25) is 5.91 Å². The Morgan fingerprint density at radius 2 is 1.92 bits per heavy atom. The molecule has 2 aromatic rings. The lowest BCUT2D eigenvalue weighted by atomic mass is 10.0. The topological polar surface area (TPSA) is 114 Å². The Balaban J connectivity index is 2.25. The molecule has 1 aliphatic rings. The van der Waals surface area contributed by atoms with E-state index in [1.807, 2.05) is 70.2 Å². The standard InChI is InChI=1S/C29H38N4O5/c1-6-19(3)26-23(14-13-20(4)32(5)28(36)22-17-38-18-22)31-27(30-16-15-25(34)35)29(37)33(26)24(7-2)21-11-9-8-10-12-21/h8-14,22,24H,6-7,15-18H2,1-5H3,(H,30,31)(H,34,35)/b20-13+,23-14+,26-19?. The minimum atomic E-state index is -0.963. The minimum Gasteiger partial charge on any atom is -0.481 e. The second-order valence-corrected chi connectivity index (χ2v) is 9.51. The van der Waals surface area contributed by atoms with Crippen molar-refractivity contribution in [2.45, 2.75) is 53.0 Å². The Morgan fingerprint density at radius 1 is 1.24 bits per heavy atom. The van der Waals surface area contributed by atoms with Crippen LogP contribution in [0.3, 0.4) is 0 Å². The van der Waals surface area contributed by atoms with Crippen LogP contribution in [-0.4, -0.2) is 58.2 Å². The maximum absolute atomic E-state index is 13.8. The van der Waals surface area contributed by atoms with Crippen LogP contribution in [0.2, 0.25) is 0 Å².